The lowest BCUT2D eigenvalue weighted by molar-refractivity contribution is 0.248. The summed E-state index contributed by atoms with van der Waals surface area (Å²) < 4.78 is 0. The van der Waals surface area contributed by atoms with Crippen molar-refractivity contribution < 1.29 is 5.11 Å². The summed E-state index contributed by atoms with van der Waals surface area (Å²) in [5.74, 6) is 0. The lowest BCUT2D eigenvalue weighted by Gasteiger charge is -2.12. The molecule has 2 N–H and O–H groups in total. The second-order valence-electron chi connectivity index (χ2n) is 3.00. The zero-order valence-electron chi connectivity index (χ0n) is 7.63. The molecule has 0 fully saturated rings. The van der Waals surface area contributed by atoms with Crippen molar-refractivity contribution in [1.29, 1.82) is 0 Å². The maximum atomic E-state index is 8.95. The van der Waals surface area contributed by atoms with Crippen LogP contribution in [0.2, 0.25) is 5.02 Å². The maximum absolute atomic E-state index is 8.95. The predicted octanol–water partition coefficient (Wildman–Crippen LogP) is 1.46. The highest BCUT2D eigenvalue weighted by atomic mass is 35.5. The summed E-state index contributed by atoms with van der Waals surface area (Å²) in [5, 5.41) is 12.7. The van der Waals surface area contributed by atoms with Crippen LogP contribution in [0.25, 0.3) is 0 Å². The van der Waals surface area contributed by atoms with Crippen LogP contribution in [-0.4, -0.2) is 24.8 Å². The first kappa shape index (κ1) is 10.5. The molecule has 0 bridgehead atoms. The molecular formula is C10H14ClNO. The van der Waals surface area contributed by atoms with Gasteiger partial charge >= 0.3 is 0 Å². The van der Waals surface area contributed by atoms with Crippen LogP contribution >= 0.6 is 11.6 Å². The van der Waals surface area contributed by atoms with Crippen molar-refractivity contribution in [3.63, 3.8) is 0 Å². The van der Waals surface area contributed by atoms with E-state index in [0.717, 1.165) is 11.4 Å². The first-order valence-electron chi connectivity index (χ1n) is 4.29. The normalized spacial score (nSPS) is 12.8. The fourth-order valence-electron chi connectivity index (χ4n) is 1.16. The number of nitrogens with one attached hydrogen (secondary N) is 1. The standard InChI is InChI=1S/C10H14ClNO/c1-12-10(7-13)6-8-2-4-9(11)5-3-8/h2-5,10,12-13H,6-7H2,1H3. The molecule has 0 saturated heterocycles. The second kappa shape index (κ2) is 5.22. The number of halogens is 1. The first-order chi connectivity index (χ1) is 6.26. The van der Waals surface area contributed by atoms with E-state index in [1.54, 1.807) is 0 Å². The number of hydrogen-bond acceptors (Lipinski definition) is 2. The summed E-state index contributed by atoms with van der Waals surface area (Å²) in [6.45, 7) is 0.152. The quantitative estimate of drug-likeness (QED) is 0.770. The smallest absolute Gasteiger partial charge is 0.0587 e. The van der Waals surface area contributed by atoms with Crippen molar-refractivity contribution in [2.24, 2.45) is 0 Å². The van der Waals surface area contributed by atoms with Gasteiger partial charge in [-0.2, -0.15) is 0 Å². The van der Waals surface area contributed by atoms with Crippen molar-refractivity contribution in [1.82, 2.24) is 5.32 Å². The van der Waals surface area contributed by atoms with Gasteiger partial charge in [0, 0.05) is 11.1 Å². The largest absolute Gasteiger partial charge is 0.395 e. The molecule has 0 aliphatic heterocycles. The van der Waals surface area contributed by atoms with Crippen molar-refractivity contribution in [3.8, 4) is 0 Å². The van der Waals surface area contributed by atoms with E-state index in [4.69, 9.17) is 16.7 Å². The van der Waals surface area contributed by atoms with Gasteiger partial charge in [0.15, 0.2) is 0 Å². The average molecular weight is 200 g/mol. The molecule has 3 heteroatoms. The van der Waals surface area contributed by atoms with E-state index in [-0.39, 0.29) is 12.6 Å². The maximum Gasteiger partial charge on any atom is 0.0587 e. The summed E-state index contributed by atoms with van der Waals surface area (Å²) in [6.07, 6.45) is 0.824. The summed E-state index contributed by atoms with van der Waals surface area (Å²) in [5.41, 5.74) is 1.18. The Balaban J connectivity index is 2.58. The number of hydrogen-bond donors (Lipinski definition) is 2. The highest BCUT2D eigenvalue weighted by molar-refractivity contribution is 6.30. The highest BCUT2D eigenvalue weighted by Gasteiger charge is 2.04. The van der Waals surface area contributed by atoms with E-state index in [0.29, 0.717) is 0 Å². The van der Waals surface area contributed by atoms with Crippen LogP contribution in [0.4, 0.5) is 0 Å². The van der Waals surface area contributed by atoms with Crippen LogP contribution in [0.3, 0.4) is 0 Å². The molecule has 1 aromatic rings. The molecule has 0 radical (unpaired) electrons. The molecule has 0 amide bonds. The van der Waals surface area contributed by atoms with E-state index >= 15 is 0 Å². The second-order valence-corrected chi connectivity index (χ2v) is 3.44. The molecule has 0 aliphatic carbocycles. The molecule has 0 aliphatic rings. The number of aliphatic hydroxyl groups is 1. The molecule has 0 heterocycles. The van der Waals surface area contributed by atoms with Crippen molar-refractivity contribution in [2.45, 2.75) is 12.5 Å². The Hall–Kier alpha value is -0.570. The molecular weight excluding hydrogens is 186 g/mol. The Labute approximate surface area is 83.5 Å². The van der Waals surface area contributed by atoms with Gasteiger partial charge in [-0.15, -0.1) is 0 Å². The van der Waals surface area contributed by atoms with Gasteiger partial charge in [-0.05, 0) is 31.2 Å². The Morgan fingerprint density at radius 2 is 2.00 bits per heavy atom. The van der Waals surface area contributed by atoms with Crippen LogP contribution in [0, 0.1) is 0 Å². The van der Waals surface area contributed by atoms with Gasteiger partial charge < -0.3 is 10.4 Å². The van der Waals surface area contributed by atoms with Gasteiger partial charge in [-0.3, -0.25) is 0 Å². The summed E-state index contributed by atoms with van der Waals surface area (Å²) in [4.78, 5) is 0. The van der Waals surface area contributed by atoms with Crippen LogP contribution < -0.4 is 5.32 Å². The van der Waals surface area contributed by atoms with Gasteiger partial charge in [0.05, 0.1) is 6.61 Å². The fraction of sp³-hybridized carbons (Fsp3) is 0.400. The number of benzene rings is 1. The SMILES string of the molecule is CNC(CO)Cc1ccc(Cl)cc1. The molecule has 72 valence electrons. The van der Waals surface area contributed by atoms with Crippen molar-refractivity contribution >= 4 is 11.6 Å². The molecule has 1 unspecified atom stereocenters. The van der Waals surface area contributed by atoms with Gasteiger partial charge in [0.25, 0.3) is 0 Å². The van der Waals surface area contributed by atoms with Crippen molar-refractivity contribution in [2.75, 3.05) is 13.7 Å². The molecule has 0 aromatic heterocycles. The number of aliphatic hydroxyl groups excluding tert-OH is 1. The summed E-state index contributed by atoms with van der Waals surface area (Å²) in [6, 6.07) is 7.80. The minimum Gasteiger partial charge on any atom is -0.395 e. The molecule has 0 spiro atoms. The van der Waals surface area contributed by atoms with Crippen LogP contribution in [0.15, 0.2) is 24.3 Å². The Kier molecular flexibility index (Phi) is 4.22. The van der Waals surface area contributed by atoms with E-state index in [1.165, 1.54) is 5.56 Å². The highest BCUT2D eigenvalue weighted by Crippen LogP contribution is 2.10. The molecule has 1 aromatic carbocycles. The van der Waals surface area contributed by atoms with Gasteiger partial charge in [0.1, 0.15) is 0 Å². The first-order valence-corrected chi connectivity index (χ1v) is 4.66. The Morgan fingerprint density at radius 3 is 2.46 bits per heavy atom. The van der Waals surface area contributed by atoms with Crippen LogP contribution in [-0.2, 0) is 6.42 Å². The van der Waals surface area contributed by atoms with E-state index in [2.05, 4.69) is 5.32 Å². The van der Waals surface area contributed by atoms with Crippen LogP contribution in [0.1, 0.15) is 5.56 Å². The molecule has 2 nitrogen and oxygen atoms in total. The van der Waals surface area contributed by atoms with Gasteiger partial charge in [-0.1, -0.05) is 23.7 Å². The third kappa shape index (κ3) is 3.35. The minimum absolute atomic E-state index is 0.126. The third-order valence-electron chi connectivity index (χ3n) is 2.02. The predicted molar refractivity (Wildman–Crippen MR) is 55.1 cm³/mol. The zero-order chi connectivity index (χ0) is 9.68. The van der Waals surface area contributed by atoms with Gasteiger partial charge in [0.2, 0.25) is 0 Å². The molecule has 0 saturated carbocycles. The third-order valence-corrected chi connectivity index (χ3v) is 2.28. The van der Waals surface area contributed by atoms with E-state index in [1.807, 2.05) is 31.3 Å². The summed E-state index contributed by atoms with van der Waals surface area (Å²) >= 11 is 5.75. The summed E-state index contributed by atoms with van der Waals surface area (Å²) in [7, 11) is 1.84. The lowest BCUT2D eigenvalue weighted by Crippen LogP contribution is -2.31. The van der Waals surface area contributed by atoms with Crippen LogP contribution in [0.5, 0.6) is 0 Å². The number of likely N-dealkylation sites (N-methyl/N-ethyl adjacent to an activating group) is 1. The Bertz CT molecular complexity index is 244. The zero-order valence-corrected chi connectivity index (χ0v) is 8.38. The average Bonchev–Trinajstić information content (AvgIpc) is 2.17. The number of rotatable bonds is 4. The fourth-order valence-corrected chi connectivity index (χ4v) is 1.29. The van der Waals surface area contributed by atoms with Crippen molar-refractivity contribution in [3.05, 3.63) is 34.9 Å². The topological polar surface area (TPSA) is 32.3 Å². The van der Waals surface area contributed by atoms with E-state index in [9.17, 15) is 0 Å². The molecule has 1 rings (SSSR count). The minimum atomic E-state index is 0.126. The molecule has 13 heavy (non-hydrogen) atoms. The monoisotopic (exact) mass is 199 g/mol. The molecule has 1 atom stereocenters. The lowest BCUT2D eigenvalue weighted by atomic mass is 10.1. The van der Waals surface area contributed by atoms with E-state index < -0.39 is 0 Å². The Morgan fingerprint density at radius 1 is 1.38 bits per heavy atom. The van der Waals surface area contributed by atoms with Gasteiger partial charge in [-0.25, -0.2) is 0 Å².